The van der Waals surface area contributed by atoms with E-state index in [0.29, 0.717) is 30.3 Å². The van der Waals surface area contributed by atoms with Gasteiger partial charge in [0, 0.05) is 0 Å². The smallest absolute Gasteiger partial charge is 0.339 e. The lowest BCUT2D eigenvalue weighted by Gasteiger charge is -2.15. The molecule has 0 aliphatic rings. The van der Waals surface area contributed by atoms with E-state index in [0.717, 1.165) is 50.9 Å². The lowest BCUT2D eigenvalue weighted by atomic mass is 10.0. The maximum atomic E-state index is 12.5. The highest BCUT2D eigenvalue weighted by molar-refractivity contribution is 6.03. The van der Waals surface area contributed by atoms with Crippen LogP contribution in [-0.2, 0) is 9.47 Å². The minimum Gasteiger partial charge on any atom is -0.462 e. The Hall–Kier alpha value is -1.84. The molecule has 0 aromatic heterocycles. The lowest BCUT2D eigenvalue weighted by Crippen LogP contribution is -2.17. The maximum absolute atomic E-state index is 12.5. The summed E-state index contributed by atoms with van der Waals surface area (Å²) in [7, 11) is 0. The Morgan fingerprint density at radius 3 is 2.03 bits per heavy atom. The van der Waals surface area contributed by atoms with Gasteiger partial charge in [0.05, 0.1) is 24.3 Å². The van der Waals surface area contributed by atoms with Crippen molar-refractivity contribution in [2.75, 3.05) is 13.2 Å². The van der Waals surface area contributed by atoms with Crippen LogP contribution in [0.2, 0.25) is 0 Å². The van der Waals surface area contributed by atoms with E-state index in [2.05, 4.69) is 27.7 Å². The zero-order valence-electron chi connectivity index (χ0n) is 18.9. The molecule has 1 unspecified atom stereocenters. The van der Waals surface area contributed by atoms with Crippen LogP contribution in [0.1, 0.15) is 106 Å². The lowest BCUT2D eigenvalue weighted by molar-refractivity contribution is 0.0404. The van der Waals surface area contributed by atoms with Crippen molar-refractivity contribution in [1.29, 1.82) is 0 Å². The monoisotopic (exact) mass is 404 g/mol. The van der Waals surface area contributed by atoms with Crippen LogP contribution in [-0.4, -0.2) is 25.2 Å². The van der Waals surface area contributed by atoms with E-state index in [-0.39, 0.29) is 0 Å². The first-order valence-electron chi connectivity index (χ1n) is 11.4. The van der Waals surface area contributed by atoms with Crippen molar-refractivity contribution >= 4 is 11.9 Å². The zero-order chi connectivity index (χ0) is 21.5. The molecular weight excluding hydrogens is 364 g/mol. The van der Waals surface area contributed by atoms with Crippen molar-refractivity contribution in [3.8, 4) is 0 Å². The fourth-order valence-electron chi connectivity index (χ4n) is 3.26. The van der Waals surface area contributed by atoms with Gasteiger partial charge in [-0.25, -0.2) is 9.59 Å². The molecule has 1 aromatic rings. The first-order chi connectivity index (χ1) is 14.0. The van der Waals surface area contributed by atoms with Crippen LogP contribution in [0.5, 0.6) is 0 Å². The average molecular weight is 405 g/mol. The molecule has 0 bridgehead atoms. The minimum absolute atomic E-state index is 0.291. The number of esters is 2. The van der Waals surface area contributed by atoms with Gasteiger partial charge in [0.1, 0.15) is 0 Å². The van der Waals surface area contributed by atoms with Crippen LogP contribution in [0.4, 0.5) is 0 Å². The summed E-state index contributed by atoms with van der Waals surface area (Å²) in [4.78, 5) is 25.0. The second kappa shape index (κ2) is 15.1. The van der Waals surface area contributed by atoms with Gasteiger partial charge in [0.25, 0.3) is 0 Å². The second-order valence-corrected chi connectivity index (χ2v) is 8.29. The Labute approximate surface area is 177 Å². The number of rotatable bonds is 15. The molecule has 1 rings (SSSR count). The summed E-state index contributed by atoms with van der Waals surface area (Å²) in [6.07, 6.45) is 9.84. The Bertz CT molecular complexity index is 594. The van der Waals surface area contributed by atoms with Gasteiger partial charge in [0.15, 0.2) is 0 Å². The first kappa shape index (κ1) is 25.2. The van der Waals surface area contributed by atoms with Crippen LogP contribution in [0.3, 0.4) is 0 Å². The fraction of sp³-hybridized carbons (Fsp3) is 0.680. The highest BCUT2D eigenvalue weighted by atomic mass is 16.5. The van der Waals surface area contributed by atoms with Crippen LogP contribution in [0.15, 0.2) is 24.3 Å². The quantitative estimate of drug-likeness (QED) is 0.238. The third-order valence-corrected chi connectivity index (χ3v) is 5.27. The predicted molar refractivity (Wildman–Crippen MR) is 118 cm³/mol. The summed E-state index contributed by atoms with van der Waals surface area (Å²) in [6.45, 7) is 9.53. The normalized spacial score (nSPS) is 12.0. The van der Waals surface area contributed by atoms with E-state index in [1.807, 2.05) is 0 Å². The van der Waals surface area contributed by atoms with Crippen molar-refractivity contribution in [1.82, 2.24) is 0 Å². The first-order valence-corrected chi connectivity index (χ1v) is 11.4. The molecule has 0 aliphatic heterocycles. The third-order valence-electron chi connectivity index (χ3n) is 5.27. The molecule has 4 heteroatoms. The van der Waals surface area contributed by atoms with E-state index in [1.165, 1.54) is 12.8 Å². The number of ether oxygens (including phenoxy) is 2. The Balaban J connectivity index is 2.48. The Kier molecular flexibility index (Phi) is 13.1. The van der Waals surface area contributed by atoms with Crippen LogP contribution < -0.4 is 0 Å². The van der Waals surface area contributed by atoms with Gasteiger partial charge < -0.3 is 9.47 Å². The average Bonchev–Trinajstić information content (AvgIpc) is 2.72. The summed E-state index contributed by atoms with van der Waals surface area (Å²) >= 11 is 0. The molecule has 0 saturated carbocycles. The highest BCUT2D eigenvalue weighted by Gasteiger charge is 2.20. The molecule has 0 spiro atoms. The molecule has 29 heavy (non-hydrogen) atoms. The number of hydrogen-bond acceptors (Lipinski definition) is 4. The molecular formula is C25H40O4. The number of carbonyl (C=O) groups excluding carboxylic acids is 2. The molecule has 1 aromatic carbocycles. The van der Waals surface area contributed by atoms with Crippen LogP contribution in [0, 0.1) is 11.8 Å². The van der Waals surface area contributed by atoms with Gasteiger partial charge in [0.2, 0.25) is 0 Å². The summed E-state index contributed by atoms with van der Waals surface area (Å²) in [5, 5.41) is 0. The number of benzene rings is 1. The van der Waals surface area contributed by atoms with E-state index >= 15 is 0 Å². The zero-order valence-corrected chi connectivity index (χ0v) is 18.9. The topological polar surface area (TPSA) is 52.6 Å². The standard InChI is InChI=1S/C25H40O4/c1-5-7-15-21(6-2)19-29-25(27)23-17-12-11-16-22(23)24(26)28-18-13-9-8-10-14-20(3)4/h11-12,16-17,20-21H,5-10,13-15,18-19H2,1-4H3. The van der Waals surface area contributed by atoms with Crippen molar-refractivity contribution in [2.24, 2.45) is 11.8 Å². The summed E-state index contributed by atoms with van der Waals surface area (Å²) < 4.78 is 10.9. The van der Waals surface area contributed by atoms with Crippen LogP contribution in [0.25, 0.3) is 0 Å². The highest BCUT2D eigenvalue weighted by Crippen LogP contribution is 2.17. The summed E-state index contributed by atoms with van der Waals surface area (Å²) in [5.41, 5.74) is 0.582. The Morgan fingerprint density at radius 1 is 0.828 bits per heavy atom. The van der Waals surface area contributed by atoms with Gasteiger partial charge in [-0.2, -0.15) is 0 Å². The molecule has 1 atom stereocenters. The molecule has 0 radical (unpaired) electrons. The molecule has 0 heterocycles. The van der Waals surface area contributed by atoms with Crippen molar-refractivity contribution < 1.29 is 19.1 Å². The Morgan fingerprint density at radius 2 is 1.45 bits per heavy atom. The summed E-state index contributed by atoms with van der Waals surface area (Å²) in [6, 6.07) is 6.76. The number of hydrogen-bond donors (Lipinski definition) is 0. The molecule has 0 N–H and O–H groups in total. The number of carbonyl (C=O) groups is 2. The summed E-state index contributed by atoms with van der Waals surface area (Å²) in [5.74, 6) is 0.219. The second-order valence-electron chi connectivity index (χ2n) is 8.29. The van der Waals surface area contributed by atoms with Gasteiger partial charge >= 0.3 is 11.9 Å². The maximum Gasteiger partial charge on any atom is 0.339 e. The van der Waals surface area contributed by atoms with Gasteiger partial charge in [-0.3, -0.25) is 0 Å². The van der Waals surface area contributed by atoms with Crippen LogP contribution >= 0.6 is 0 Å². The van der Waals surface area contributed by atoms with E-state index in [1.54, 1.807) is 24.3 Å². The van der Waals surface area contributed by atoms with Crippen molar-refractivity contribution in [2.45, 2.75) is 85.5 Å². The fourth-order valence-corrected chi connectivity index (χ4v) is 3.26. The van der Waals surface area contributed by atoms with E-state index in [9.17, 15) is 9.59 Å². The van der Waals surface area contributed by atoms with Crippen molar-refractivity contribution in [3.63, 3.8) is 0 Å². The number of unbranched alkanes of at least 4 members (excludes halogenated alkanes) is 4. The SMILES string of the molecule is CCCCC(CC)COC(=O)c1ccccc1C(=O)OCCCCCCC(C)C. The molecule has 0 aliphatic carbocycles. The van der Waals surface area contributed by atoms with E-state index < -0.39 is 11.9 Å². The van der Waals surface area contributed by atoms with Gasteiger partial charge in [-0.1, -0.05) is 84.8 Å². The molecule has 164 valence electrons. The van der Waals surface area contributed by atoms with Gasteiger partial charge in [-0.15, -0.1) is 0 Å². The molecule has 0 amide bonds. The van der Waals surface area contributed by atoms with Crippen molar-refractivity contribution in [3.05, 3.63) is 35.4 Å². The van der Waals surface area contributed by atoms with E-state index in [4.69, 9.17) is 9.47 Å². The molecule has 0 fully saturated rings. The molecule has 4 nitrogen and oxygen atoms in total. The predicted octanol–water partition coefficient (Wildman–Crippen LogP) is 6.82. The largest absolute Gasteiger partial charge is 0.462 e. The van der Waals surface area contributed by atoms with Gasteiger partial charge in [-0.05, 0) is 36.8 Å². The molecule has 0 saturated heterocycles. The minimum atomic E-state index is -0.447. The third kappa shape index (κ3) is 10.5.